The average molecular weight is 357 g/mol. The topological polar surface area (TPSA) is 22.1 Å². The van der Waals surface area contributed by atoms with E-state index in [0.29, 0.717) is 6.61 Å². The Hall–Kier alpha value is -0.870. The first-order valence-electron chi connectivity index (χ1n) is 5.15. The van der Waals surface area contributed by atoms with E-state index < -0.39 is 0 Å². The summed E-state index contributed by atoms with van der Waals surface area (Å²) in [5.74, 6) is 0.875. The van der Waals surface area contributed by atoms with E-state index >= 15 is 0 Å². The van der Waals surface area contributed by atoms with Gasteiger partial charge < -0.3 is 4.74 Å². The minimum absolute atomic E-state index is 0.531. The Bertz CT molecular complexity index is 491. The van der Waals surface area contributed by atoms with Gasteiger partial charge in [0, 0.05) is 0 Å². The molecule has 1 aromatic heterocycles. The van der Waals surface area contributed by atoms with E-state index in [2.05, 4.69) is 43.8 Å². The Labute approximate surface area is 117 Å². The number of hydrogen-bond acceptors (Lipinski definition) is 2. The maximum Gasteiger partial charge on any atom is 0.119 e. The number of benzene rings is 1. The highest BCUT2D eigenvalue weighted by atomic mass is 79.9. The lowest BCUT2D eigenvalue weighted by atomic mass is 10.2. The van der Waals surface area contributed by atoms with Crippen molar-refractivity contribution in [2.75, 3.05) is 0 Å². The number of aryl methyl sites for hydroxylation is 1. The lowest BCUT2D eigenvalue weighted by Crippen LogP contribution is -1.96. The monoisotopic (exact) mass is 355 g/mol. The minimum Gasteiger partial charge on any atom is -0.489 e. The SMILES string of the molecule is Cc1ccc(OCc2cc(Br)nc(Br)c2)cc1. The van der Waals surface area contributed by atoms with Gasteiger partial charge in [-0.3, -0.25) is 0 Å². The zero-order chi connectivity index (χ0) is 12.3. The van der Waals surface area contributed by atoms with Crippen molar-refractivity contribution in [2.45, 2.75) is 13.5 Å². The number of hydrogen-bond donors (Lipinski definition) is 0. The standard InChI is InChI=1S/C13H11Br2NO/c1-9-2-4-11(5-3-9)17-8-10-6-12(14)16-13(15)7-10/h2-7H,8H2,1H3. The molecule has 17 heavy (non-hydrogen) atoms. The Balaban J connectivity index is 2.04. The first kappa shape index (κ1) is 12.6. The molecule has 88 valence electrons. The van der Waals surface area contributed by atoms with Crippen molar-refractivity contribution in [1.82, 2.24) is 4.98 Å². The first-order valence-corrected chi connectivity index (χ1v) is 6.73. The van der Waals surface area contributed by atoms with Crippen LogP contribution >= 0.6 is 31.9 Å². The number of nitrogens with zero attached hydrogens (tertiary/aromatic N) is 1. The van der Waals surface area contributed by atoms with E-state index in [-0.39, 0.29) is 0 Å². The van der Waals surface area contributed by atoms with Gasteiger partial charge in [-0.2, -0.15) is 0 Å². The van der Waals surface area contributed by atoms with Gasteiger partial charge in [0.05, 0.1) is 0 Å². The van der Waals surface area contributed by atoms with E-state index in [4.69, 9.17) is 4.74 Å². The van der Waals surface area contributed by atoms with Crippen molar-refractivity contribution in [2.24, 2.45) is 0 Å². The zero-order valence-corrected chi connectivity index (χ0v) is 12.5. The normalized spacial score (nSPS) is 10.3. The third-order valence-corrected chi connectivity index (χ3v) is 3.06. The summed E-state index contributed by atoms with van der Waals surface area (Å²) >= 11 is 6.70. The van der Waals surface area contributed by atoms with Crippen LogP contribution in [-0.2, 0) is 6.61 Å². The fourth-order valence-electron chi connectivity index (χ4n) is 1.40. The van der Waals surface area contributed by atoms with Crippen LogP contribution in [0.5, 0.6) is 5.75 Å². The molecule has 0 aliphatic carbocycles. The predicted molar refractivity (Wildman–Crippen MR) is 75.1 cm³/mol. The van der Waals surface area contributed by atoms with Gasteiger partial charge in [-0.05, 0) is 68.6 Å². The summed E-state index contributed by atoms with van der Waals surface area (Å²) in [5.41, 5.74) is 2.30. The molecule has 0 saturated heterocycles. The van der Waals surface area contributed by atoms with Crippen LogP contribution in [0.3, 0.4) is 0 Å². The first-order chi connectivity index (χ1) is 8.13. The molecule has 4 heteroatoms. The van der Waals surface area contributed by atoms with E-state index in [1.165, 1.54) is 5.56 Å². The molecular weight excluding hydrogens is 346 g/mol. The van der Waals surface area contributed by atoms with Gasteiger partial charge in [0.1, 0.15) is 21.6 Å². The molecular formula is C13H11Br2NO. The molecule has 1 aromatic carbocycles. The van der Waals surface area contributed by atoms with Crippen molar-refractivity contribution in [3.63, 3.8) is 0 Å². The lowest BCUT2D eigenvalue weighted by molar-refractivity contribution is 0.306. The molecule has 0 aliphatic rings. The van der Waals surface area contributed by atoms with E-state index in [0.717, 1.165) is 20.5 Å². The molecule has 0 bridgehead atoms. The number of halogens is 2. The van der Waals surface area contributed by atoms with Gasteiger partial charge in [-0.1, -0.05) is 17.7 Å². The predicted octanol–water partition coefficient (Wildman–Crippen LogP) is 4.49. The molecule has 0 unspecified atom stereocenters. The van der Waals surface area contributed by atoms with Crippen molar-refractivity contribution in [3.8, 4) is 5.75 Å². The molecule has 0 spiro atoms. The summed E-state index contributed by atoms with van der Waals surface area (Å²) < 4.78 is 7.29. The molecule has 0 fully saturated rings. The lowest BCUT2D eigenvalue weighted by Gasteiger charge is -2.07. The zero-order valence-electron chi connectivity index (χ0n) is 9.28. The molecule has 0 saturated carbocycles. The maximum atomic E-state index is 5.69. The van der Waals surface area contributed by atoms with Gasteiger partial charge >= 0.3 is 0 Å². The van der Waals surface area contributed by atoms with Gasteiger partial charge in [-0.25, -0.2) is 4.98 Å². The minimum atomic E-state index is 0.531. The fraction of sp³-hybridized carbons (Fsp3) is 0.154. The summed E-state index contributed by atoms with van der Waals surface area (Å²) in [6, 6.07) is 11.9. The Kier molecular flexibility index (Phi) is 4.18. The Morgan fingerprint density at radius 2 is 1.65 bits per heavy atom. The van der Waals surface area contributed by atoms with Crippen molar-refractivity contribution >= 4 is 31.9 Å². The number of rotatable bonds is 3. The van der Waals surface area contributed by atoms with Crippen molar-refractivity contribution < 1.29 is 4.74 Å². The molecule has 2 nitrogen and oxygen atoms in total. The molecule has 0 radical (unpaired) electrons. The summed E-state index contributed by atoms with van der Waals surface area (Å²) in [5, 5.41) is 0. The number of pyridine rings is 1. The average Bonchev–Trinajstić information content (AvgIpc) is 2.27. The van der Waals surface area contributed by atoms with Crippen LogP contribution < -0.4 is 4.74 Å². The number of aromatic nitrogens is 1. The van der Waals surface area contributed by atoms with Crippen LogP contribution in [0.15, 0.2) is 45.6 Å². The van der Waals surface area contributed by atoms with Crippen LogP contribution in [-0.4, -0.2) is 4.98 Å². The largest absolute Gasteiger partial charge is 0.489 e. The molecule has 0 amide bonds. The highest BCUT2D eigenvalue weighted by Crippen LogP contribution is 2.18. The van der Waals surface area contributed by atoms with Crippen LogP contribution in [0, 0.1) is 6.92 Å². The molecule has 2 aromatic rings. The van der Waals surface area contributed by atoms with E-state index in [9.17, 15) is 0 Å². The maximum absolute atomic E-state index is 5.69. The fourth-order valence-corrected chi connectivity index (χ4v) is 2.61. The van der Waals surface area contributed by atoms with Crippen molar-refractivity contribution in [3.05, 3.63) is 56.7 Å². The molecule has 0 atom stereocenters. The van der Waals surface area contributed by atoms with Crippen molar-refractivity contribution in [1.29, 1.82) is 0 Å². The van der Waals surface area contributed by atoms with Gasteiger partial charge in [0.2, 0.25) is 0 Å². The molecule has 2 rings (SSSR count). The third kappa shape index (κ3) is 3.82. The Morgan fingerprint density at radius 3 is 2.24 bits per heavy atom. The quantitative estimate of drug-likeness (QED) is 0.755. The second-order valence-electron chi connectivity index (χ2n) is 3.72. The van der Waals surface area contributed by atoms with Crippen LogP contribution in [0.2, 0.25) is 0 Å². The highest BCUT2D eigenvalue weighted by molar-refractivity contribution is 9.11. The summed E-state index contributed by atoms with van der Waals surface area (Å²) in [6.07, 6.45) is 0. The summed E-state index contributed by atoms with van der Waals surface area (Å²) in [6.45, 7) is 2.59. The highest BCUT2D eigenvalue weighted by Gasteiger charge is 2.00. The summed E-state index contributed by atoms with van der Waals surface area (Å²) in [7, 11) is 0. The van der Waals surface area contributed by atoms with Gasteiger partial charge in [0.25, 0.3) is 0 Å². The number of ether oxygens (including phenoxy) is 1. The smallest absolute Gasteiger partial charge is 0.119 e. The van der Waals surface area contributed by atoms with Crippen LogP contribution in [0.25, 0.3) is 0 Å². The second kappa shape index (κ2) is 5.65. The molecule has 1 heterocycles. The summed E-state index contributed by atoms with van der Waals surface area (Å²) in [4.78, 5) is 4.18. The molecule has 0 N–H and O–H groups in total. The van der Waals surface area contributed by atoms with Gasteiger partial charge in [-0.15, -0.1) is 0 Å². The third-order valence-electron chi connectivity index (χ3n) is 2.25. The van der Waals surface area contributed by atoms with E-state index in [1.54, 1.807) is 0 Å². The Morgan fingerprint density at radius 1 is 1.06 bits per heavy atom. The van der Waals surface area contributed by atoms with Gasteiger partial charge in [0.15, 0.2) is 0 Å². The van der Waals surface area contributed by atoms with E-state index in [1.807, 2.05) is 36.4 Å². The second-order valence-corrected chi connectivity index (χ2v) is 5.35. The van der Waals surface area contributed by atoms with Crippen LogP contribution in [0.4, 0.5) is 0 Å². The molecule has 0 aliphatic heterocycles. The van der Waals surface area contributed by atoms with Crippen LogP contribution in [0.1, 0.15) is 11.1 Å².